The predicted molar refractivity (Wildman–Crippen MR) is 134 cm³/mol. The molecule has 5 heterocycles. The van der Waals surface area contributed by atoms with Gasteiger partial charge in [0.15, 0.2) is 5.65 Å². The number of fused-ring (bicyclic) bond motifs is 2. The van der Waals surface area contributed by atoms with Crippen LogP contribution in [0.4, 0.5) is 11.4 Å². The van der Waals surface area contributed by atoms with E-state index in [1.54, 1.807) is 12.4 Å². The Labute approximate surface area is 198 Å². The van der Waals surface area contributed by atoms with Crippen LogP contribution in [0.3, 0.4) is 0 Å². The van der Waals surface area contributed by atoms with Crippen LogP contribution in [0.25, 0.3) is 16.9 Å². The molecule has 0 amide bonds. The smallest absolute Gasteiger partial charge is 0.177 e. The van der Waals surface area contributed by atoms with Gasteiger partial charge in [-0.2, -0.15) is 5.10 Å². The van der Waals surface area contributed by atoms with Crippen molar-refractivity contribution in [1.29, 1.82) is 0 Å². The normalized spacial score (nSPS) is 16.0. The van der Waals surface area contributed by atoms with Crippen molar-refractivity contribution in [2.45, 2.75) is 13.0 Å². The highest BCUT2D eigenvalue weighted by Crippen LogP contribution is 2.28. The molecule has 34 heavy (non-hydrogen) atoms. The maximum absolute atomic E-state index is 5.57. The van der Waals surface area contributed by atoms with Crippen LogP contribution in [0.5, 0.6) is 0 Å². The van der Waals surface area contributed by atoms with E-state index in [9.17, 15) is 0 Å². The fraction of sp³-hybridized carbons (Fsp3) is 0.308. The maximum Gasteiger partial charge on any atom is 0.177 e. The first-order valence-electron chi connectivity index (χ1n) is 11.7. The molecule has 1 saturated heterocycles. The summed E-state index contributed by atoms with van der Waals surface area (Å²) in [7, 11) is 2.14. The minimum absolute atomic E-state index is 0.503. The number of nitrogens with zero attached hydrogens (tertiary/aromatic N) is 7. The van der Waals surface area contributed by atoms with E-state index in [-0.39, 0.29) is 0 Å². The quantitative estimate of drug-likeness (QED) is 0.432. The summed E-state index contributed by atoms with van der Waals surface area (Å²) in [4.78, 5) is 18.4. The van der Waals surface area contributed by atoms with Gasteiger partial charge in [-0.15, -0.1) is 0 Å². The van der Waals surface area contributed by atoms with Crippen LogP contribution in [-0.4, -0.2) is 65.7 Å². The van der Waals surface area contributed by atoms with Gasteiger partial charge in [-0.25, -0.2) is 9.50 Å². The molecule has 0 bridgehead atoms. The first-order chi connectivity index (χ1) is 16.7. The Bertz CT molecular complexity index is 1340. The Kier molecular flexibility index (Phi) is 5.43. The van der Waals surface area contributed by atoms with E-state index < -0.39 is 0 Å². The highest BCUT2D eigenvalue weighted by molar-refractivity contribution is 5.82. The Hall–Kier alpha value is -3.78. The molecule has 1 fully saturated rings. The molecule has 0 unspecified atom stereocenters. The van der Waals surface area contributed by atoms with Crippen molar-refractivity contribution in [3.05, 3.63) is 71.8 Å². The molecule has 0 radical (unpaired) electrons. The fourth-order valence-electron chi connectivity index (χ4n) is 4.67. The lowest BCUT2D eigenvalue weighted by Gasteiger charge is -2.29. The first kappa shape index (κ1) is 20.8. The third-order valence-electron chi connectivity index (χ3n) is 6.52. The Morgan fingerprint density at radius 2 is 1.88 bits per heavy atom. The van der Waals surface area contributed by atoms with Crippen LogP contribution >= 0.6 is 0 Å². The van der Waals surface area contributed by atoms with E-state index in [1.165, 1.54) is 11.3 Å². The number of aromatic nitrogens is 4. The second-order valence-electron chi connectivity index (χ2n) is 8.78. The van der Waals surface area contributed by atoms with E-state index in [1.807, 2.05) is 29.1 Å². The molecular formula is C26H27N7O. The van der Waals surface area contributed by atoms with Gasteiger partial charge in [-0.1, -0.05) is 12.1 Å². The van der Waals surface area contributed by atoms with Gasteiger partial charge in [-0.3, -0.25) is 9.98 Å². The minimum atomic E-state index is 0.503. The van der Waals surface area contributed by atoms with Crippen LogP contribution in [0.2, 0.25) is 0 Å². The lowest BCUT2D eigenvalue weighted by molar-refractivity contribution is 0.123. The number of likely N-dealkylation sites (N-methyl/N-ethyl adjacent to an activating group) is 1. The van der Waals surface area contributed by atoms with Gasteiger partial charge in [-0.05, 0) is 41.8 Å². The van der Waals surface area contributed by atoms with Crippen molar-refractivity contribution in [3.63, 3.8) is 0 Å². The van der Waals surface area contributed by atoms with Gasteiger partial charge in [0, 0.05) is 56.5 Å². The molecule has 0 saturated carbocycles. The number of aliphatic imine (C=N–C) groups is 1. The predicted octanol–water partition coefficient (Wildman–Crippen LogP) is 3.24. The van der Waals surface area contributed by atoms with Crippen molar-refractivity contribution < 1.29 is 4.74 Å². The number of morpholine rings is 1. The minimum Gasteiger partial charge on any atom is -0.378 e. The van der Waals surface area contributed by atoms with Crippen molar-refractivity contribution in [1.82, 2.24) is 19.6 Å². The second kappa shape index (κ2) is 8.87. The van der Waals surface area contributed by atoms with Crippen LogP contribution in [0.15, 0.2) is 60.0 Å². The first-order valence-corrected chi connectivity index (χ1v) is 11.7. The molecule has 0 atom stereocenters. The van der Waals surface area contributed by atoms with Crippen molar-refractivity contribution in [2.24, 2.45) is 4.99 Å². The van der Waals surface area contributed by atoms with E-state index in [2.05, 4.69) is 46.1 Å². The fourth-order valence-corrected chi connectivity index (χ4v) is 4.67. The average Bonchev–Trinajstić information content (AvgIpc) is 3.48. The van der Waals surface area contributed by atoms with Gasteiger partial charge < -0.3 is 14.5 Å². The summed E-state index contributed by atoms with van der Waals surface area (Å²) < 4.78 is 7.46. The number of benzene rings is 1. The SMILES string of the molecule is CN1CCc2ccc(C=NCc3cc(N4CCOCC4)c4nc(-c5ccncc5)cn4n3)cc21. The van der Waals surface area contributed by atoms with E-state index in [0.29, 0.717) is 19.8 Å². The summed E-state index contributed by atoms with van der Waals surface area (Å²) in [5, 5.41) is 4.84. The van der Waals surface area contributed by atoms with Gasteiger partial charge >= 0.3 is 0 Å². The van der Waals surface area contributed by atoms with E-state index >= 15 is 0 Å². The maximum atomic E-state index is 5.57. The zero-order valence-corrected chi connectivity index (χ0v) is 19.3. The molecule has 0 spiro atoms. The summed E-state index contributed by atoms with van der Waals surface area (Å²) in [6.45, 7) is 4.68. The molecular weight excluding hydrogens is 426 g/mol. The molecule has 2 aliphatic heterocycles. The van der Waals surface area contributed by atoms with Gasteiger partial charge in [0.25, 0.3) is 0 Å². The summed E-state index contributed by atoms with van der Waals surface area (Å²) in [6, 6.07) is 12.6. The van der Waals surface area contributed by atoms with Crippen LogP contribution in [-0.2, 0) is 17.7 Å². The van der Waals surface area contributed by atoms with Gasteiger partial charge in [0.05, 0.1) is 43.0 Å². The Morgan fingerprint density at radius 1 is 1.03 bits per heavy atom. The molecule has 1 aromatic carbocycles. The summed E-state index contributed by atoms with van der Waals surface area (Å²) in [5.41, 5.74) is 8.56. The highest BCUT2D eigenvalue weighted by Gasteiger charge is 2.19. The standard InChI is InChI=1S/C26H27N7O/c1-31-9-6-21-3-2-19(14-24(21)31)16-28-17-22-15-25(32-10-12-34-13-11-32)26-29-23(18-33(26)30-22)20-4-7-27-8-5-20/h2-5,7-8,14-16,18H,6,9-13,17H2,1H3. The van der Waals surface area contributed by atoms with Crippen molar-refractivity contribution in [3.8, 4) is 11.3 Å². The molecule has 6 rings (SSSR count). The Balaban J connectivity index is 1.32. The summed E-state index contributed by atoms with van der Waals surface area (Å²) >= 11 is 0. The Morgan fingerprint density at radius 3 is 2.74 bits per heavy atom. The zero-order chi connectivity index (χ0) is 22.9. The van der Waals surface area contributed by atoms with E-state index in [4.69, 9.17) is 19.8 Å². The van der Waals surface area contributed by atoms with Crippen molar-refractivity contribution >= 4 is 23.2 Å². The number of imidazole rings is 1. The summed E-state index contributed by atoms with van der Waals surface area (Å²) in [6.07, 6.45) is 8.62. The third-order valence-corrected chi connectivity index (χ3v) is 6.52. The molecule has 8 heteroatoms. The summed E-state index contributed by atoms with van der Waals surface area (Å²) in [5.74, 6) is 0. The van der Waals surface area contributed by atoms with Gasteiger partial charge in [0.1, 0.15) is 0 Å². The molecule has 4 aromatic rings. The largest absolute Gasteiger partial charge is 0.378 e. The number of hydrogen-bond acceptors (Lipinski definition) is 7. The second-order valence-corrected chi connectivity index (χ2v) is 8.78. The molecule has 0 N–H and O–H groups in total. The molecule has 2 aliphatic rings. The van der Waals surface area contributed by atoms with E-state index in [0.717, 1.165) is 59.9 Å². The molecule has 172 valence electrons. The highest BCUT2D eigenvalue weighted by atomic mass is 16.5. The van der Waals surface area contributed by atoms with Crippen molar-refractivity contribution in [2.75, 3.05) is 49.7 Å². The number of anilines is 2. The van der Waals surface area contributed by atoms with Crippen LogP contribution < -0.4 is 9.80 Å². The topological polar surface area (TPSA) is 71.2 Å². The number of pyridine rings is 1. The van der Waals surface area contributed by atoms with Crippen LogP contribution in [0.1, 0.15) is 16.8 Å². The number of rotatable bonds is 5. The monoisotopic (exact) mass is 453 g/mol. The lowest BCUT2D eigenvalue weighted by Crippen LogP contribution is -2.36. The molecule has 3 aromatic heterocycles. The van der Waals surface area contributed by atoms with Crippen LogP contribution in [0, 0.1) is 0 Å². The lowest BCUT2D eigenvalue weighted by atomic mass is 10.1. The van der Waals surface area contributed by atoms with Gasteiger partial charge in [0.2, 0.25) is 0 Å². The molecule has 0 aliphatic carbocycles. The average molecular weight is 454 g/mol. The zero-order valence-electron chi connectivity index (χ0n) is 19.3. The third kappa shape index (κ3) is 4.01. The number of hydrogen-bond donors (Lipinski definition) is 0. The molecule has 8 nitrogen and oxygen atoms in total. The number of ether oxygens (including phenoxy) is 1.